The summed E-state index contributed by atoms with van der Waals surface area (Å²) in [4.78, 5) is 9.82. The first-order chi connectivity index (χ1) is 12.6. The van der Waals surface area contributed by atoms with E-state index in [1.165, 1.54) is 12.4 Å². The first kappa shape index (κ1) is 19.6. The van der Waals surface area contributed by atoms with Gasteiger partial charge in [0, 0.05) is 19.6 Å². The highest BCUT2D eigenvalue weighted by Gasteiger charge is 2.36. The summed E-state index contributed by atoms with van der Waals surface area (Å²) in [5.74, 6) is -0.703. The molecule has 1 unspecified atom stereocenters. The maximum Gasteiger partial charge on any atom is 0.419 e. The molecule has 7 nitrogen and oxygen atoms in total. The van der Waals surface area contributed by atoms with E-state index in [1.54, 1.807) is 4.90 Å². The molecule has 0 aliphatic carbocycles. The van der Waals surface area contributed by atoms with Gasteiger partial charge in [-0.05, 0) is 30.9 Å². The number of hydrogen-bond acceptors (Lipinski definition) is 6. The minimum atomic E-state index is -4.70. The van der Waals surface area contributed by atoms with E-state index in [2.05, 4.69) is 14.7 Å². The van der Waals surface area contributed by atoms with Gasteiger partial charge in [-0.15, -0.1) is 0 Å². The highest BCUT2D eigenvalue weighted by atomic mass is 32.2. The van der Waals surface area contributed by atoms with E-state index in [4.69, 9.17) is 0 Å². The average Bonchev–Trinajstić information content (AvgIpc) is 2.58. The smallest absolute Gasteiger partial charge is 0.419 e. The molecule has 2 heterocycles. The predicted molar refractivity (Wildman–Crippen MR) is 94.0 cm³/mol. The molecule has 3 rings (SSSR count). The second kappa shape index (κ2) is 7.12. The lowest BCUT2D eigenvalue weighted by Crippen LogP contribution is -2.41. The number of phenols is 1. The van der Waals surface area contributed by atoms with Gasteiger partial charge < -0.3 is 10.0 Å². The van der Waals surface area contributed by atoms with Gasteiger partial charge in [0.05, 0.1) is 22.7 Å². The Labute approximate surface area is 154 Å². The van der Waals surface area contributed by atoms with Crippen molar-refractivity contribution in [3.63, 3.8) is 0 Å². The summed E-state index contributed by atoms with van der Waals surface area (Å²) < 4.78 is 64.5. The monoisotopic (exact) mass is 404 g/mol. The van der Waals surface area contributed by atoms with Crippen molar-refractivity contribution in [1.29, 1.82) is 0 Å². The molecule has 1 aromatic heterocycles. The number of sulfonamides is 1. The SMILES string of the molecule is CS(=O)(=O)NCC1CCCN(c2ncnc3ccc(C(F)(F)F)c(O)c23)C1. The van der Waals surface area contributed by atoms with E-state index in [9.17, 15) is 26.7 Å². The summed E-state index contributed by atoms with van der Waals surface area (Å²) >= 11 is 0. The number of phenolic OH excluding ortho intramolecular Hbond substituents is 1. The Kier molecular flexibility index (Phi) is 5.17. The minimum absolute atomic E-state index is 0.0218. The molecule has 0 spiro atoms. The zero-order chi connectivity index (χ0) is 19.8. The first-order valence-electron chi connectivity index (χ1n) is 8.29. The number of nitrogens with zero attached hydrogens (tertiary/aromatic N) is 3. The molecule has 0 amide bonds. The van der Waals surface area contributed by atoms with Crippen molar-refractivity contribution in [3.8, 4) is 5.75 Å². The van der Waals surface area contributed by atoms with Crippen LogP contribution in [-0.2, 0) is 16.2 Å². The first-order valence-corrected chi connectivity index (χ1v) is 10.2. The van der Waals surface area contributed by atoms with Gasteiger partial charge in [-0.25, -0.2) is 23.1 Å². The summed E-state index contributed by atoms with van der Waals surface area (Å²) in [6, 6.07) is 2.00. The fourth-order valence-electron chi connectivity index (χ4n) is 3.28. The van der Waals surface area contributed by atoms with Gasteiger partial charge in [-0.2, -0.15) is 13.2 Å². The van der Waals surface area contributed by atoms with Gasteiger partial charge >= 0.3 is 6.18 Å². The van der Waals surface area contributed by atoms with Crippen molar-refractivity contribution < 1.29 is 26.7 Å². The lowest BCUT2D eigenvalue weighted by Gasteiger charge is -2.34. The van der Waals surface area contributed by atoms with E-state index in [1.807, 2.05) is 0 Å². The fraction of sp³-hybridized carbons (Fsp3) is 0.500. The third-order valence-corrected chi connectivity index (χ3v) is 5.21. The molecule has 1 fully saturated rings. The zero-order valence-electron chi connectivity index (χ0n) is 14.5. The molecular formula is C16H19F3N4O3S. The van der Waals surface area contributed by atoms with E-state index in [-0.39, 0.29) is 29.2 Å². The Hall–Kier alpha value is -2.14. The topological polar surface area (TPSA) is 95.4 Å². The van der Waals surface area contributed by atoms with Crippen molar-refractivity contribution in [2.75, 3.05) is 30.8 Å². The molecule has 1 saturated heterocycles. The number of piperidine rings is 1. The van der Waals surface area contributed by atoms with Crippen LogP contribution in [0.2, 0.25) is 0 Å². The number of benzene rings is 1. The van der Waals surface area contributed by atoms with Crippen LogP contribution < -0.4 is 9.62 Å². The third-order valence-electron chi connectivity index (χ3n) is 4.51. The van der Waals surface area contributed by atoms with E-state index < -0.39 is 27.5 Å². The van der Waals surface area contributed by atoms with Crippen molar-refractivity contribution in [1.82, 2.24) is 14.7 Å². The highest BCUT2D eigenvalue weighted by molar-refractivity contribution is 7.88. The Bertz CT molecular complexity index is 950. The molecule has 1 aliphatic heterocycles. The average molecular weight is 404 g/mol. The molecule has 1 aromatic carbocycles. The second-order valence-electron chi connectivity index (χ2n) is 6.63. The Balaban J connectivity index is 1.96. The van der Waals surface area contributed by atoms with Gasteiger partial charge in [-0.1, -0.05) is 0 Å². The Morgan fingerprint density at radius 2 is 2.07 bits per heavy atom. The van der Waals surface area contributed by atoms with Crippen molar-refractivity contribution in [2.24, 2.45) is 5.92 Å². The van der Waals surface area contributed by atoms with Gasteiger partial charge in [0.2, 0.25) is 10.0 Å². The fourth-order valence-corrected chi connectivity index (χ4v) is 3.82. The molecule has 2 aromatic rings. The largest absolute Gasteiger partial charge is 0.506 e. The summed E-state index contributed by atoms with van der Waals surface area (Å²) in [5.41, 5.74) is -0.930. The van der Waals surface area contributed by atoms with Crippen LogP contribution in [0.4, 0.5) is 19.0 Å². The zero-order valence-corrected chi connectivity index (χ0v) is 15.3. The van der Waals surface area contributed by atoms with Crippen molar-refractivity contribution >= 4 is 26.7 Å². The molecule has 1 aliphatic rings. The number of rotatable bonds is 4. The number of fused-ring (bicyclic) bond motifs is 1. The number of hydrogen-bond donors (Lipinski definition) is 2. The number of alkyl halides is 3. The number of anilines is 1. The number of nitrogens with one attached hydrogen (secondary N) is 1. The van der Waals surface area contributed by atoms with Crippen LogP contribution in [0.1, 0.15) is 18.4 Å². The van der Waals surface area contributed by atoms with Gasteiger partial charge in [0.1, 0.15) is 17.9 Å². The number of aromatic hydroxyl groups is 1. The Morgan fingerprint density at radius 1 is 1.33 bits per heavy atom. The standard InChI is InChI=1S/C16H19F3N4O3S/c1-27(25,26)22-7-10-3-2-6-23(8-10)15-13-12(20-9-21-15)5-4-11(14(13)24)16(17,18)19/h4-5,9-10,22,24H,2-3,6-8H2,1H3. The van der Waals surface area contributed by atoms with Gasteiger partial charge in [0.25, 0.3) is 0 Å². The normalized spacial score (nSPS) is 18.8. The molecule has 1 atom stereocenters. The predicted octanol–water partition coefficient (Wildman–Crippen LogP) is 2.12. The lowest BCUT2D eigenvalue weighted by atomic mass is 9.98. The van der Waals surface area contributed by atoms with E-state index >= 15 is 0 Å². The highest BCUT2D eigenvalue weighted by Crippen LogP contribution is 2.42. The van der Waals surface area contributed by atoms with Crippen molar-refractivity contribution in [3.05, 3.63) is 24.0 Å². The summed E-state index contributed by atoms with van der Waals surface area (Å²) in [6.45, 7) is 1.18. The van der Waals surface area contributed by atoms with Gasteiger partial charge in [0.15, 0.2) is 0 Å². The number of aromatic nitrogens is 2. The lowest BCUT2D eigenvalue weighted by molar-refractivity contribution is -0.138. The molecule has 0 saturated carbocycles. The quantitative estimate of drug-likeness (QED) is 0.811. The van der Waals surface area contributed by atoms with E-state index in [0.29, 0.717) is 13.1 Å². The van der Waals surface area contributed by atoms with Crippen LogP contribution in [0.3, 0.4) is 0 Å². The summed E-state index contributed by atoms with van der Waals surface area (Å²) in [7, 11) is -3.33. The van der Waals surface area contributed by atoms with Crippen LogP contribution in [0.5, 0.6) is 5.75 Å². The van der Waals surface area contributed by atoms with Crippen molar-refractivity contribution in [2.45, 2.75) is 19.0 Å². The summed E-state index contributed by atoms with van der Waals surface area (Å²) in [5, 5.41) is 10.2. The molecule has 11 heteroatoms. The molecule has 0 radical (unpaired) electrons. The molecule has 27 heavy (non-hydrogen) atoms. The molecular weight excluding hydrogens is 385 g/mol. The van der Waals surface area contributed by atoms with Crippen LogP contribution in [0.15, 0.2) is 18.5 Å². The maximum absolute atomic E-state index is 13.1. The number of halogens is 3. The van der Waals surface area contributed by atoms with Gasteiger partial charge in [-0.3, -0.25) is 0 Å². The molecule has 148 valence electrons. The molecule has 0 bridgehead atoms. The molecule has 2 N–H and O–H groups in total. The second-order valence-corrected chi connectivity index (χ2v) is 8.46. The Morgan fingerprint density at radius 3 is 2.74 bits per heavy atom. The van der Waals surface area contributed by atoms with Crippen LogP contribution in [0, 0.1) is 5.92 Å². The van der Waals surface area contributed by atoms with Crippen LogP contribution in [-0.4, -0.2) is 49.4 Å². The minimum Gasteiger partial charge on any atom is -0.506 e. The van der Waals surface area contributed by atoms with Crippen LogP contribution in [0.25, 0.3) is 10.9 Å². The van der Waals surface area contributed by atoms with E-state index in [0.717, 1.165) is 25.2 Å². The maximum atomic E-state index is 13.1. The third kappa shape index (κ3) is 4.41. The summed E-state index contributed by atoms with van der Waals surface area (Å²) in [6.07, 6.45) is -0.886. The van der Waals surface area contributed by atoms with Crippen LogP contribution >= 0.6 is 0 Å².